The molecule has 0 unspecified atom stereocenters. The van der Waals surface area contributed by atoms with Crippen molar-refractivity contribution in [3.8, 4) is 35.8 Å². The zero-order valence-corrected chi connectivity index (χ0v) is 30.7. The maximum atomic E-state index is 10.6. The lowest BCUT2D eigenvalue weighted by molar-refractivity contribution is -0.390. The Labute approximate surface area is 307 Å². The number of hydrogen-bond donors (Lipinski definition) is 0. The second-order valence-electron chi connectivity index (χ2n) is 11.2. The van der Waals surface area contributed by atoms with Crippen molar-refractivity contribution in [2.75, 3.05) is 13.2 Å². The van der Waals surface area contributed by atoms with E-state index >= 15 is 0 Å². The molecule has 0 spiro atoms. The molecule has 0 saturated carbocycles. The lowest BCUT2D eigenvalue weighted by atomic mass is 10.3. The van der Waals surface area contributed by atoms with Crippen LogP contribution in [0.4, 0.5) is 17.5 Å². The molecule has 0 amide bonds. The number of rotatable bonds is 3. The predicted molar refractivity (Wildman–Crippen MR) is 211 cm³/mol. The number of nitrogens with zero attached hydrogens (tertiary/aromatic N) is 6. The van der Waals surface area contributed by atoms with E-state index in [0.29, 0.717) is 10.0 Å². The molecule has 1 saturated heterocycles. The van der Waals surface area contributed by atoms with E-state index in [2.05, 4.69) is 93.1 Å². The number of hydrogen-bond acceptors (Lipinski definition) is 10. The molecule has 1 fully saturated rings. The maximum absolute atomic E-state index is 10.6. The molecular formula is C34H49BrN6O7Si2. The standard InChI is InChI=1S/C10H12N2O2Si.C7H4N2O2.C5H3BrN2O2.C5H10Si.C4H8O.3CH4/c1-15(2,3)8-6-9-5-4-7-11-10(9)12(13)14;1-2-6-4-3-5-8-7(6)9(10)11;6-4-2-1-3-7-5(4)8(9)10;1-5-6(2,3)4;1-2-4-5-3-1;;;/h4-5,7H,1-3H3;1,3-5H;1-3H;1H,2-4H3;1-4H2;3*1H4. The van der Waals surface area contributed by atoms with Crippen molar-refractivity contribution >= 4 is 49.5 Å². The highest BCUT2D eigenvalue weighted by Crippen LogP contribution is 2.19. The van der Waals surface area contributed by atoms with Crippen LogP contribution in [-0.2, 0) is 4.74 Å². The number of aromatic nitrogens is 3. The molecule has 50 heavy (non-hydrogen) atoms. The minimum absolute atomic E-state index is 0. The van der Waals surface area contributed by atoms with Gasteiger partial charge < -0.3 is 35.1 Å². The molecule has 0 atom stereocenters. The van der Waals surface area contributed by atoms with E-state index in [4.69, 9.17) is 17.6 Å². The number of nitro groups is 3. The van der Waals surface area contributed by atoms with E-state index in [0.717, 1.165) is 13.2 Å². The first-order valence-electron chi connectivity index (χ1n) is 13.9. The monoisotopic (exact) mass is 788 g/mol. The summed E-state index contributed by atoms with van der Waals surface area (Å²) in [7, 11) is -2.61. The number of pyridine rings is 3. The van der Waals surface area contributed by atoms with Crippen molar-refractivity contribution in [3.63, 3.8) is 0 Å². The summed E-state index contributed by atoms with van der Waals surface area (Å²) in [4.78, 5) is 40.1. The number of ether oxygens (including phenoxy) is 1. The largest absolute Gasteiger partial charge is 0.381 e. The highest BCUT2D eigenvalue weighted by molar-refractivity contribution is 9.10. The molecule has 3 aromatic heterocycles. The van der Waals surface area contributed by atoms with E-state index in [1.807, 2.05) is 0 Å². The highest BCUT2D eigenvalue weighted by atomic mass is 79.9. The van der Waals surface area contributed by atoms with Crippen LogP contribution in [0.2, 0.25) is 39.3 Å². The Bertz CT molecular complexity index is 1630. The summed E-state index contributed by atoms with van der Waals surface area (Å²) >= 11 is 2.99. The minimum Gasteiger partial charge on any atom is -0.381 e. The van der Waals surface area contributed by atoms with Gasteiger partial charge in [0.15, 0.2) is 0 Å². The van der Waals surface area contributed by atoms with Gasteiger partial charge >= 0.3 is 17.5 Å². The third kappa shape index (κ3) is 24.4. The van der Waals surface area contributed by atoms with Gasteiger partial charge in [0.05, 0.1) is 0 Å². The van der Waals surface area contributed by atoms with Gasteiger partial charge in [0, 0.05) is 13.2 Å². The zero-order chi connectivity index (χ0) is 36.0. The minimum atomic E-state index is -1.51. The van der Waals surface area contributed by atoms with Gasteiger partial charge in [-0.15, -0.1) is 23.9 Å². The SMILES string of the molecule is C.C.C.C#C[Si](C)(C)C.C#Cc1cccnc1[N+](=O)[O-].C1CCOC1.C[Si](C)(C)C#Cc1cccnc1[N+](=O)[O-].O=[N+]([O-])c1ncccc1Br. The maximum Gasteiger partial charge on any atom is 0.379 e. The first-order valence-corrected chi connectivity index (χ1v) is 21.7. The molecule has 13 nitrogen and oxygen atoms in total. The second-order valence-corrected chi connectivity index (χ2v) is 21.6. The van der Waals surface area contributed by atoms with Crippen LogP contribution in [0.3, 0.4) is 0 Å². The third-order valence-corrected chi connectivity index (χ3v) is 7.18. The van der Waals surface area contributed by atoms with E-state index in [-0.39, 0.29) is 45.3 Å². The van der Waals surface area contributed by atoms with Crippen LogP contribution >= 0.6 is 15.9 Å². The van der Waals surface area contributed by atoms with Crippen LogP contribution in [0, 0.1) is 66.1 Å². The van der Waals surface area contributed by atoms with Crippen LogP contribution < -0.4 is 0 Å². The summed E-state index contributed by atoms with van der Waals surface area (Å²) in [5, 5.41) is 31.0. The molecule has 4 rings (SSSR count). The van der Waals surface area contributed by atoms with Crippen LogP contribution in [0.5, 0.6) is 0 Å². The molecule has 1 aliphatic rings. The summed E-state index contributed by atoms with van der Waals surface area (Å²) in [6, 6.07) is 9.51. The smallest absolute Gasteiger partial charge is 0.379 e. The van der Waals surface area contributed by atoms with Crippen molar-refractivity contribution in [1.29, 1.82) is 0 Å². The third-order valence-electron chi connectivity index (χ3n) is 4.82. The van der Waals surface area contributed by atoms with Crippen molar-refractivity contribution in [1.82, 2.24) is 15.0 Å². The second kappa shape index (κ2) is 27.1. The predicted octanol–water partition coefficient (Wildman–Crippen LogP) is 9.14. The molecule has 0 aliphatic carbocycles. The summed E-state index contributed by atoms with van der Waals surface area (Å²) < 4.78 is 5.35. The zero-order valence-electron chi connectivity index (χ0n) is 27.1. The molecule has 1 aliphatic heterocycles. The van der Waals surface area contributed by atoms with Crippen LogP contribution in [-0.4, -0.2) is 59.1 Å². The Hall–Kier alpha value is -4.80. The first-order chi connectivity index (χ1) is 21.9. The quantitative estimate of drug-likeness (QED) is 0.108. The number of terminal acetylenes is 2. The molecular weight excluding hydrogens is 740 g/mol. The van der Waals surface area contributed by atoms with E-state index in [1.54, 1.807) is 30.3 Å². The van der Waals surface area contributed by atoms with Gasteiger partial charge in [0.1, 0.15) is 50.3 Å². The Morgan fingerprint density at radius 3 is 1.36 bits per heavy atom. The normalized spacial score (nSPS) is 10.5. The molecule has 3 aromatic rings. The van der Waals surface area contributed by atoms with Gasteiger partial charge in [-0.25, -0.2) is 0 Å². The van der Waals surface area contributed by atoms with Crippen LogP contribution in [0.1, 0.15) is 46.2 Å². The van der Waals surface area contributed by atoms with E-state index < -0.39 is 30.9 Å². The Morgan fingerprint density at radius 1 is 0.700 bits per heavy atom. The van der Waals surface area contributed by atoms with Gasteiger partial charge in [-0.3, -0.25) is 0 Å². The number of halogens is 1. The highest BCUT2D eigenvalue weighted by Gasteiger charge is 2.14. The molecule has 0 bridgehead atoms. The summed E-state index contributed by atoms with van der Waals surface area (Å²) in [6.45, 7) is 14.7. The lowest BCUT2D eigenvalue weighted by Gasteiger charge is -2.03. The molecule has 0 radical (unpaired) electrons. The van der Waals surface area contributed by atoms with Crippen LogP contribution in [0.25, 0.3) is 0 Å². The van der Waals surface area contributed by atoms with E-state index in [9.17, 15) is 30.3 Å². The van der Waals surface area contributed by atoms with Gasteiger partial charge in [-0.2, -0.15) is 0 Å². The summed E-state index contributed by atoms with van der Waals surface area (Å²) in [6.07, 6.45) is 16.8. The van der Waals surface area contributed by atoms with Crippen molar-refractivity contribution in [2.24, 2.45) is 0 Å². The van der Waals surface area contributed by atoms with Gasteiger partial charge in [0.2, 0.25) is 0 Å². The van der Waals surface area contributed by atoms with Crippen molar-refractivity contribution in [2.45, 2.75) is 74.4 Å². The molecule has 4 heterocycles. The van der Waals surface area contributed by atoms with Crippen molar-refractivity contribution < 1.29 is 19.5 Å². The van der Waals surface area contributed by atoms with Crippen LogP contribution in [0.15, 0.2) is 59.5 Å². The summed E-state index contributed by atoms with van der Waals surface area (Å²) in [5.41, 5.74) is 6.42. The Morgan fingerprint density at radius 2 is 1.08 bits per heavy atom. The lowest BCUT2D eigenvalue weighted by Crippen LogP contribution is -2.16. The fourth-order valence-corrected chi connectivity index (χ4v) is 3.48. The molecule has 0 N–H and O–H groups in total. The average molecular weight is 790 g/mol. The molecule has 0 aromatic carbocycles. The topological polar surface area (TPSA) is 177 Å². The molecule has 272 valence electrons. The van der Waals surface area contributed by atoms with Gasteiger partial charge in [-0.1, -0.05) is 73.4 Å². The van der Waals surface area contributed by atoms with Crippen molar-refractivity contribution in [3.05, 3.63) is 101 Å². The van der Waals surface area contributed by atoms with Gasteiger partial charge in [0.25, 0.3) is 0 Å². The van der Waals surface area contributed by atoms with Gasteiger partial charge in [-0.05, 0) is 94.9 Å². The molecule has 16 heteroatoms. The Balaban J connectivity index is -0.000000273. The fourth-order valence-electron chi connectivity index (χ4n) is 2.57. The fraction of sp³-hybridized carbons (Fsp3) is 0.382. The average Bonchev–Trinajstić information content (AvgIpc) is 3.61. The first kappa shape index (κ1) is 52.0. The van der Waals surface area contributed by atoms with E-state index in [1.165, 1.54) is 37.5 Å². The Kier molecular flexibility index (Phi) is 28.2. The summed E-state index contributed by atoms with van der Waals surface area (Å²) in [5.74, 6) is 4.43.